The quantitative estimate of drug-likeness (QED) is 0.845. The highest BCUT2D eigenvalue weighted by atomic mass is 16.2. The van der Waals surface area contributed by atoms with Crippen molar-refractivity contribution in [1.29, 1.82) is 0 Å². The minimum Gasteiger partial charge on any atom is -0.342 e. The lowest BCUT2D eigenvalue weighted by atomic mass is 9.66. The number of piperazine rings is 1. The van der Waals surface area contributed by atoms with Gasteiger partial charge in [-0.05, 0) is 49.4 Å². The van der Waals surface area contributed by atoms with Gasteiger partial charge in [0.2, 0.25) is 11.8 Å². The Morgan fingerprint density at radius 3 is 2.38 bits per heavy atom. The van der Waals surface area contributed by atoms with Crippen molar-refractivity contribution in [3.8, 4) is 0 Å². The van der Waals surface area contributed by atoms with Crippen molar-refractivity contribution in [1.82, 2.24) is 10.2 Å². The lowest BCUT2D eigenvalue weighted by Crippen LogP contribution is -2.67. The minimum atomic E-state index is -0.281. The molecule has 2 unspecified atom stereocenters. The van der Waals surface area contributed by atoms with E-state index in [9.17, 15) is 9.59 Å². The summed E-state index contributed by atoms with van der Waals surface area (Å²) >= 11 is 0. The van der Waals surface area contributed by atoms with Gasteiger partial charge in [0.1, 0.15) is 12.1 Å². The van der Waals surface area contributed by atoms with E-state index in [1.165, 1.54) is 19.3 Å². The van der Waals surface area contributed by atoms with Crippen molar-refractivity contribution >= 4 is 11.8 Å². The van der Waals surface area contributed by atoms with Crippen LogP contribution in [0.2, 0.25) is 0 Å². The van der Waals surface area contributed by atoms with Crippen LogP contribution in [0.5, 0.6) is 0 Å². The predicted octanol–water partition coefficient (Wildman–Crippen LogP) is 2.33. The molecule has 0 bridgehead atoms. The number of hydrogen-bond donors (Lipinski definition) is 1. The van der Waals surface area contributed by atoms with Gasteiger partial charge in [0.05, 0.1) is 0 Å². The first-order valence-electron chi connectivity index (χ1n) is 8.58. The molecule has 118 valence electrons. The highest BCUT2D eigenvalue weighted by Gasteiger charge is 2.50. The van der Waals surface area contributed by atoms with Crippen molar-refractivity contribution in [3.05, 3.63) is 0 Å². The zero-order valence-corrected chi connectivity index (χ0v) is 13.5. The van der Waals surface area contributed by atoms with Crippen LogP contribution in [0, 0.1) is 17.3 Å². The van der Waals surface area contributed by atoms with Gasteiger partial charge in [-0.15, -0.1) is 0 Å². The minimum absolute atomic E-state index is 0.0621. The summed E-state index contributed by atoms with van der Waals surface area (Å²) in [4.78, 5) is 27.4. The summed E-state index contributed by atoms with van der Waals surface area (Å²) in [5.41, 5.74) is 0.272. The zero-order chi connectivity index (χ0) is 15.2. The van der Waals surface area contributed by atoms with E-state index < -0.39 is 0 Å². The maximum absolute atomic E-state index is 12.9. The van der Waals surface area contributed by atoms with Gasteiger partial charge in [0.25, 0.3) is 0 Å². The molecule has 4 nitrogen and oxygen atoms in total. The number of carbonyl (C=O) groups is 2. The molecule has 4 heteroatoms. The molecule has 1 saturated heterocycles. The Morgan fingerprint density at radius 1 is 1.29 bits per heavy atom. The smallest absolute Gasteiger partial charge is 0.246 e. The zero-order valence-electron chi connectivity index (χ0n) is 13.5. The number of amides is 2. The molecule has 3 fully saturated rings. The van der Waals surface area contributed by atoms with E-state index in [0.29, 0.717) is 5.92 Å². The van der Waals surface area contributed by atoms with Gasteiger partial charge in [0.15, 0.2) is 0 Å². The molecule has 0 radical (unpaired) electrons. The number of carbonyl (C=O) groups excluding carboxylic acids is 2. The summed E-state index contributed by atoms with van der Waals surface area (Å²) in [5, 5.41) is 3.00. The Hall–Kier alpha value is -1.06. The average Bonchev–Trinajstić information content (AvgIpc) is 3.20. The van der Waals surface area contributed by atoms with Crippen molar-refractivity contribution in [2.45, 2.75) is 71.4 Å². The second-order valence-corrected chi connectivity index (χ2v) is 7.69. The molecule has 2 atom stereocenters. The Kier molecular flexibility index (Phi) is 3.74. The van der Waals surface area contributed by atoms with Gasteiger partial charge in [-0.25, -0.2) is 0 Å². The molecular weight excluding hydrogens is 264 g/mol. The van der Waals surface area contributed by atoms with Crippen molar-refractivity contribution in [2.24, 2.45) is 17.3 Å². The molecule has 2 aliphatic carbocycles. The highest BCUT2D eigenvalue weighted by Crippen LogP contribution is 2.46. The summed E-state index contributed by atoms with van der Waals surface area (Å²) in [5.74, 6) is 0.793. The van der Waals surface area contributed by atoms with Crippen molar-refractivity contribution < 1.29 is 9.59 Å². The van der Waals surface area contributed by atoms with Crippen LogP contribution in [-0.2, 0) is 9.59 Å². The molecule has 3 aliphatic rings. The molecule has 1 aliphatic heterocycles. The Labute approximate surface area is 127 Å². The maximum atomic E-state index is 12.9. The van der Waals surface area contributed by atoms with Crippen LogP contribution in [0.3, 0.4) is 0 Å². The van der Waals surface area contributed by atoms with Gasteiger partial charge in [-0.1, -0.05) is 27.2 Å². The first-order valence-corrected chi connectivity index (χ1v) is 8.58. The van der Waals surface area contributed by atoms with Gasteiger partial charge >= 0.3 is 0 Å². The van der Waals surface area contributed by atoms with Gasteiger partial charge in [-0.2, -0.15) is 0 Å². The Balaban J connectivity index is 1.83. The first-order chi connectivity index (χ1) is 9.97. The van der Waals surface area contributed by atoms with Crippen LogP contribution in [-0.4, -0.2) is 35.3 Å². The van der Waals surface area contributed by atoms with E-state index in [2.05, 4.69) is 12.2 Å². The van der Waals surface area contributed by atoms with Gasteiger partial charge in [0, 0.05) is 6.54 Å². The fraction of sp³-hybridized carbons (Fsp3) is 0.882. The number of rotatable bonds is 5. The SMILES string of the molecule is CCC1(CN2C(=O)C(C3CC3)NC(=O)C2C(C)C)CCC1. The molecule has 1 heterocycles. The van der Waals surface area contributed by atoms with Crippen LogP contribution in [0.25, 0.3) is 0 Å². The second kappa shape index (κ2) is 5.29. The van der Waals surface area contributed by atoms with E-state index in [4.69, 9.17) is 0 Å². The summed E-state index contributed by atoms with van der Waals surface area (Å²) in [6, 6.07) is -0.530. The summed E-state index contributed by atoms with van der Waals surface area (Å²) in [6.07, 6.45) is 6.94. The molecule has 2 saturated carbocycles. The number of nitrogens with zero attached hydrogens (tertiary/aromatic N) is 1. The first kappa shape index (κ1) is 14.9. The average molecular weight is 292 g/mol. The summed E-state index contributed by atoms with van der Waals surface area (Å²) < 4.78 is 0. The third kappa shape index (κ3) is 2.58. The van der Waals surface area contributed by atoms with Crippen LogP contribution < -0.4 is 5.32 Å². The third-order valence-electron chi connectivity index (χ3n) is 5.85. The summed E-state index contributed by atoms with van der Waals surface area (Å²) in [7, 11) is 0. The van der Waals surface area contributed by atoms with E-state index >= 15 is 0 Å². The lowest BCUT2D eigenvalue weighted by molar-refractivity contribution is -0.155. The second-order valence-electron chi connectivity index (χ2n) is 7.69. The third-order valence-corrected chi connectivity index (χ3v) is 5.85. The summed E-state index contributed by atoms with van der Waals surface area (Å²) in [6.45, 7) is 7.08. The molecule has 0 aromatic rings. The Bertz CT molecular complexity index is 433. The lowest BCUT2D eigenvalue weighted by Gasteiger charge is -2.49. The van der Waals surface area contributed by atoms with E-state index in [-0.39, 0.29) is 35.2 Å². The largest absolute Gasteiger partial charge is 0.342 e. The van der Waals surface area contributed by atoms with E-state index in [1.54, 1.807) is 0 Å². The molecule has 0 aromatic carbocycles. The number of hydrogen-bond acceptors (Lipinski definition) is 2. The standard InChI is InChI=1S/C17H28N2O2/c1-4-17(8-5-9-17)10-19-14(11(2)3)15(20)18-13(16(19)21)12-6-7-12/h11-14H,4-10H2,1-3H3,(H,18,20). The monoisotopic (exact) mass is 292 g/mol. The van der Waals surface area contributed by atoms with Crippen LogP contribution in [0.1, 0.15) is 59.3 Å². The molecule has 0 aromatic heterocycles. The predicted molar refractivity (Wildman–Crippen MR) is 81.6 cm³/mol. The van der Waals surface area contributed by atoms with E-state index in [1.807, 2.05) is 18.7 Å². The molecule has 0 spiro atoms. The molecule has 21 heavy (non-hydrogen) atoms. The molecule has 2 amide bonds. The Morgan fingerprint density at radius 2 is 1.95 bits per heavy atom. The van der Waals surface area contributed by atoms with E-state index in [0.717, 1.165) is 25.8 Å². The van der Waals surface area contributed by atoms with Crippen molar-refractivity contribution in [2.75, 3.05) is 6.54 Å². The molecule has 3 rings (SSSR count). The van der Waals surface area contributed by atoms with Gasteiger partial charge < -0.3 is 10.2 Å². The van der Waals surface area contributed by atoms with Gasteiger partial charge in [-0.3, -0.25) is 9.59 Å². The number of nitrogens with one attached hydrogen (secondary N) is 1. The van der Waals surface area contributed by atoms with Crippen molar-refractivity contribution in [3.63, 3.8) is 0 Å². The topological polar surface area (TPSA) is 49.4 Å². The van der Waals surface area contributed by atoms with Crippen LogP contribution in [0.4, 0.5) is 0 Å². The molecule has 1 N–H and O–H groups in total. The fourth-order valence-corrected chi connectivity index (χ4v) is 4.01. The molecular formula is C17H28N2O2. The highest BCUT2D eigenvalue weighted by molar-refractivity contribution is 5.97. The van der Waals surface area contributed by atoms with Crippen LogP contribution in [0.15, 0.2) is 0 Å². The van der Waals surface area contributed by atoms with Crippen LogP contribution >= 0.6 is 0 Å². The maximum Gasteiger partial charge on any atom is 0.246 e. The normalized spacial score (nSPS) is 32.1. The fourth-order valence-electron chi connectivity index (χ4n) is 4.01.